The van der Waals surface area contributed by atoms with Gasteiger partial charge in [-0.1, -0.05) is 29.8 Å². The van der Waals surface area contributed by atoms with E-state index in [1.807, 2.05) is 6.92 Å². The number of nitrogens with zero attached hydrogens (tertiary/aromatic N) is 6. The molecule has 0 bridgehead atoms. The van der Waals surface area contributed by atoms with Gasteiger partial charge in [-0.3, -0.25) is 4.79 Å². The predicted octanol–water partition coefficient (Wildman–Crippen LogP) is 3.91. The Labute approximate surface area is 287 Å². The number of nitrogens with one attached hydrogen (secondary N) is 1. The molecular weight excluding hydrogens is 650 g/mol. The molecule has 2 saturated heterocycles. The molecule has 0 spiro atoms. The number of hydrogen-bond acceptors (Lipinski definition) is 11. The van der Waals surface area contributed by atoms with Crippen LogP contribution >= 0.6 is 0 Å². The molecule has 14 nitrogen and oxygen atoms in total. The van der Waals surface area contributed by atoms with Crippen LogP contribution in [0.25, 0.3) is 0 Å². The molecule has 1 N–H and O–H groups in total. The number of carbonyl (C=O) groups excluding carboxylic acids is 3. The van der Waals surface area contributed by atoms with Gasteiger partial charge in [-0.15, -0.1) is 5.10 Å². The number of esters is 1. The molecule has 1 aromatic heterocycles. The Morgan fingerprint density at radius 2 is 1.63 bits per heavy atom. The molecule has 3 aromatic rings. The Bertz CT molecular complexity index is 1760. The van der Waals surface area contributed by atoms with Crippen molar-refractivity contribution in [2.24, 2.45) is 5.92 Å². The smallest absolute Gasteiger partial charge is 0.421 e. The van der Waals surface area contributed by atoms with Crippen molar-refractivity contribution in [2.75, 3.05) is 31.6 Å². The van der Waals surface area contributed by atoms with Crippen molar-refractivity contribution in [3.63, 3.8) is 0 Å². The summed E-state index contributed by atoms with van der Waals surface area (Å²) in [5.41, 5.74) is -0.357. The van der Waals surface area contributed by atoms with Gasteiger partial charge in [0.2, 0.25) is 15.9 Å². The van der Waals surface area contributed by atoms with Gasteiger partial charge in [0.15, 0.2) is 11.4 Å². The molecule has 5 rings (SSSR count). The Morgan fingerprint density at radius 3 is 2.24 bits per heavy atom. The Kier molecular flexibility index (Phi) is 10.6. The van der Waals surface area contributed by atoms with Gasteiger partial charge in [0.05, 0.1) is 23.7 Å². The molecule has 3 heterocycles. The summed E-state index contributed by atoms with van der Waals surface area (Å²) in [4.78, 5) is 41.8. The van der Waals surface area contributed by atoms with Gasteiger partial charge in [0.25, 0.3) is 0 Å². The highest BCUT2D eigenvalue weighted by Gasteiger charge is 2.45. The number of sulfonamides is 1. The zero-order chi connectivity index (χ0) is 35.6. The van der Waals surface area contributed by atoms with Gasteiger partial charge in [-0.05, 0) is 114 Å². The van der Waals surface area contributed by atoms with E-state index in [9.17, 15) is 22.8 Å². The van der Waals surface area contributed by atoms with Crippen LogP contribution < -0.4 is 10.2 Å². The predicted molar refractivity (Wildman–Crippen MR) is 180 cm³/mol. The quantitative estimate of drug-likeness (QED) is 0.323. The van der Waals surface area contributed by atoms with Gasteiger partial charge in [-0.2, -0.15) is 4.31 Å². The number of rotatable bonds is 9. The first kappa shape index (κ1) is 36.1. The van der Waals surface area contributed by atoms with E-state index in [-0.39, 0.29) is 35.5 Å². The number of aryl methyl sites for hydroxylation is 1. The highest BCUT2D eigenvalue weighted by molar-refractivity contribution is 7.89. The van der Waals surface area contributed by atoms with Gasteiger partial charge >= 0.3 is 12.1 Å². The largest absolute Gasteiger partial charge is 0.467 e. The van der Waals surface area contributed by atoms with E-state index in [2.05, 4.69) is 20.8 Å². The summed E-state index contributed by atoms with van der Waals surface area (Å²) in [6.07, 6.45) is 1.55. The Hall–Kier alpha value is -4.21. The first-order chi connectivity index (χ1) is 23.2. The third-order valence-corrected chi connectivity index (χ3v) is 10.9. The van der Waals surface area contributed by atoms with E-state index >= 15 is 0 Å². The number of tetrazole rings is 1. The summed E-state index contributed by atoms with van der Waals surface area (Å²) in [7, 11) is -2.62. The molecule has 15 heteroatoms. The van der Waals surface area contributed by atoms with E-state index in [4.69, 9.17) is 9.47 Å². The fourth-order valence-corrected chi connectivity index (χ4v) is 8.04. The molecule has 0 saturated carbocycles. The third-order valence-electron chi connectivity index (χ3n) is 8.94. The van der Waals surface area contributed by atoms with Crippen molar-refractivity contribution in [1.29, 1.82) is 0 Å². The summed E-state index contributed by atoms with van der Waals surface area (Å²) in [5.74, 6) is -1.07. The second-order valence-corrected chi connectivity index (χ2v) is 15.7. The highest BCUT2D eigenvalue weighted by Crippen LogP contribution is 2.38. The fourth-order valence-electron chi connectivity index (χ4n) is 6.38. The topological polar surface area (TPSA) is 166 Å². The van der Waals surface area contributed by atoms with Gasteiger partial charge in [-0.25, -0.2) is 27.6 Å². The highest BCUT2D eigenvalue weighted by atomic mass is 32.2. The van der Waals surface area contributed by atoms with Crippen LogP contribution in [0, 0.1) is 12.8 Å². The van der Waals surface area contributed by atoms with Crippen LogP contribution in [0.3, 0.4) is 0 Å². The number of carbonyl (C=O) groups is 3. The lowest BCUT2D eigenvalue weighted by molar-refractivity contribution is -0.151. The van der Waals surface area contributed by atoms with E-state index in [0.717, 1.165) is 10.5 Å². The van der Waals surface area contributed by atoms with Gasteiger partial charge in [0, 0.05) is 18.9 Å². The minimum Gasteiger partial charge on any atom is -0.467 e. The van der Waals surface area contributed by atoms with Crippen LogP contribution in [0.4, 0.5) is 10.5 Å². The zero-order valence-corrected chi connectivity index (χ0v) is 29.7. The molecule has 0 radical (unpaired) electrons. The van der Waals surface area contributed by atoms with E-state index < -0.39 is 39.3 Å². The number of hydrogen-bond donors (Lipinski definition) is 1. The number of amides is 2. The maximum Gasteiger partial charge on any atom is 0.421 e. The second-order valence-electron chi connectivity index (χ2n) is 13.8. The zero-order valence-electron chi connectivity index (χ0n) is 28.9. The van der Waals surface area contributed by atoms with Crippen molar-refractivity contribution in [1.82, 2.24) is 29.8 Å². The van der Waals surface area contributed by atoms with Gasteiger partial charge in [0.1, 0.15) is 5.60 Å². The van der Waals surface area contributed by atoms with E-state index in [0.29, 0.717) is 50.0 Å². The molecule has 2 fully saturated rings. The fraction of sp³-hybridized carbons (Fsp3) is 0.529. The molecule has 2 atom stereocenters. The van der Waals surface area contributed by atoms with Crippen LogP contribution in [0.5, 0.6) is 0 Å². The van der Waals surface area contributed by atoms with Crippen molar-refractivity contribution in [2.45, 2.75) is 88.8 Å². The van der Waals surface area contributed by atoms with Crippen LogP contribution in [0.1, 0.15) is 76.4 Å². The monoisotopic (exact) mass is 695 g/mol. The molecule has 2 aliphatic rings. The maximum absolute atomic E-state index is 13.7. The van der Waals surface area contributed by atoms with Crippen LogP contribution in [0.2, 0.25) is 0 Å². The van der Waals surface area contributed by atoms with Crippen LogP contribution in [0.15, 0.2) is 53.4 Å². The first-order valence-corrected chi connectivity index (χ1v) is 17.9. The van der Waals surface area contributed by atoms with Crippen LogP contribution in [-0.2, 0) is 41.0 Å². The van der Waals surface area contributed by atoms with Crippen molar-refractivity contribution < 1.29 is 32.3 Å². The second kappa shape index (κ2) is 14.3. The lowest BCUT2D eigenvalue weighted by Crippen LogP contribution is -2.46. The van der Waals surface area contributed by atoms with Crippen molar-refractivity contribution >= 4 is 33.7 Å². The summed E-state index contributed by atoms with van der Waals surface area (Å²) in [5, 5.41) is 15.5. The Morgan fingerprint density at radius 1 is 0.980 bits per heavy atom. The minimum atomic E-state index is -3.89. The van der Waals surface area contributed by atoms with Crippen LogP contribution in [-0.4, -0.2) is 83.2 Å². The Balaban J connectivity index is 1.45. The number of anilines is 1. The number of aromatic nitrogens is 4. The average molecular weight is 696 g/mol. The van der Waals surface area contributed by atoms with E-state index in [1.165, 1.54) is 16.1 Å². The normalized spacial score (nSPS) is 18.9. The first-order valence-electron chi connectivity index (χ1n) is 16.5. The molecule has 2 aromatic carbocycles. The third kappa shape index (κ3) is 7.68. The van der Waals surface area contributed by atoms with Gasteiger partial charge < -0.3 is 14.8 Å². The summed E-state index contributed by atoms with van der Waals surface area (Å²) in [6, 6.07) is 12.7. The summed E-state index contributed by atoms with van der Waals surface area (Å²) < 4.78 is 41.1. The van der Waals surface area contributed by atoms with Crippen molar-refractivity contribution in [3.05, 3.63) is 65.5 Å². The molecule has 49 heavy (non-hydrogen) atoms. The number of ether oxygens (including phenoxy) is 2. The number of benzene rings is 2. The lowest BCUT2D eigenvalue weighted by atomic mass is 9.92. The number of imide groups is 1. The molecule has 2 aliphatic heterocycles. The molecular formula is C34H45N7O7S. The molecule has 2 amide bonds. The maximum atomic E-state index is 13.7. The number of methoxy groups -OCH3 is 1. The van der Waals surface area contributed by atoms with Crippen molar-refractivity contribution in [3.8, 4) is 0 Å². The molecule has 0 aliphatic carbocycles. The minimum absolute atomic E-state index is 0.0596. The molecule has 1 unspecified atom stereocenters. The number of piperidine rings is 1. The average Bonchev–Trinajstić information content (AvgIpc) is 3.76. The lowest BCUT2D eigenvalue weighted by Gasteiger charge is -2.31. The summed E-state index contributed by atoms with van der Waals surface area (Å²) >= 11 is 0. The van der Waals surface area contributed by atoms with E-state index in [1.54, 1.807) is 76.2 Å². The molecule has 264 valence electrons. The summed E-state index contributed by atoms with van der Waals surface area (Å²) in [6.45, 7) is 10.4. The standard InChI is InChI=1S/C34H45N7O7S/c1-23-9-15-27(16-10-23)49(45,46)39-21-7-8-28(39)29-36-37-38-41(29)34(5,31(43)47-6)22-24-11-13-26(14-12-24)40(32(44)48-33(2,3)4)30(42)25-17-19-35-20-18-25/h9-16,25,28,35H,7-8,17-22H2,1-6H3/t28-,34?/m0/s1. The SMILES string of the molecule is COC(=O)C(C)(Cc1ccc(N(C(=O)OC(C)(C)C)C(=O)C2CCNCC2)cc1)n1nnnc1[C@@H]1CCCN1S(=O)(=O)c1ccc(C)cc1.